The topological polar surface area (TPSA) is 82.3 Å². The van der Waals surface area contributed by atoms with Gasteiger partial charge >= 0.3 is 5.91 Å². The molecule has 1 aromatic heterocycles. The number of furan rings is 1. The van der Waals surface area contributed by atoms with Gasteiger partial charge in [-0.3, -0.25) is 4.79 Å². The number of carbonyl (C=O) groups is 1. The van der Waals surface area contributed by atoms with Gasteiger partial charge in [-0.1, -0.05) is 26.0 Å². The Kier molecular flexibility index (Phi) is 7.57. The van der Waals surface area contributed by atoms with Crippen LogP contribution in [0.3, 0.4) is 0 Å². The predicted molar refractivity (Wildman–Crippen MR) is 123 cm³/mol. The Morgan fingerprint density at radius 2 is 2.03 bits per heavy atom. The molecule has 1 amide bonds. The molecule has 0 atom stereocenters. The minimum absolute atomic E-state index is 0.144. The largest absolute Gasteiger partial charge is 0.493 e. The Hall–Kier alpha value is -3.00. The molecule has 0 aliphatic rings. The molecule has 164 valence electrons. The van der Waals surface area contributed by atoms with Gasteiger partial charge in [-0.05, 0) is 58.6 Å². The lowest BCUT2D eigenvalue weighted by Crippen LogP contribution is -2.16. The molecule has 0 spiro atoms. The Balaban J connectivity index is 1.74. The van der Waals surface area contributed by atoms with Crippen LogP contribution in [0.2, 0.25) is 0 Å². The number of hydrogen-bond acceptors (Lipinski definition) is 6. The van der Waals surface area contributed by atoms with Crippen molar-refractivity contribution >= 4 is 39.0 Å². The smallest absolute Gasteiger partial charge is 0.307 e. The van der Waals surface area contributed by atoms with Crippen molar-refractivity contribution in [2.45, 2.75) is 20.8 Å². The first-order valence-electron chi connectivity index (χ1n) is 9.92. The highest BCUT2D eigenvalue weighted by Crippen LogP contribution is 2.37. The van der Waals surface area contributed by atoms with E-state index < -0.39 is 5.91 Å². The zero-order valence-corrected chi connectivity index (χ0v) is 19.5. The van der Waals surface area contributed by atoms with Crippen molar-refractivity contribution in [2.24, 2.45) is 11.0 Å². The van der Waals surface area contributed by atoms with Gasteiger partial charge in [0.15, 0.2) is 28.6 Å². The van der Waals surface area contributed by atoms with Crippen LogP contribution < -0.4 is 19.6 Å². The molecule has 0 radical (unpaired) electrons. The molecule has 0 aliphatic heterocycles. The summed E-state index contributed by atoms with van der Waals surface area (Å²) < 4.78 is 23.2. The molecule has 8 heteroatoms. The maximum absolute atomic E-state index is 12.4. The summed E-state index contributed by atoms with van der Waals surface area (Å²) in [7, 11) is 1.55. The Morgan fingerprint density at radius 3 is 2.74 bits per heavy atom. The van der Waals surface area contributed by atoms with Crippen LogP contribution in [-0.4, -0.2) is 32.4 Å². The Bertz CT molecular complexity index is 1090. The highest BCUT2D eigenvalue weighted by Gasteiger charge is 2.15. The summed E-state index contributed by atoms with van der Waals surface area (Å²) in [5.74, 6) is 1.88. The number of amides is 1. The molecule has 31 heavy (non-hydrogen) atoms. The van der Waals surface area contributed by atoms with Crippen LogP contribution in [0.5, 0.6) is 17.2 Å². The number of hydrogen-bond donors (Lipinski definition) is 1. The van der Waals surface area contributed by atoms with Crippen LogP contribution in [0.25, 0.3) is 11.0 Å². The van der Waals surface area contributed by atoms with Crippen molar-refractivity contribution in [1.82, 2.24) is 5.43 Å². The van der Waals surface area contributed by atoms with Gasteiger partial charge in [0, 0.05) is 5.39 Å². The second-order valence-electron chi connectivity index (χ2n) is 7.16. The van der Waals surface area contributed by atoms with E-state index in [9.17, 15) is 4.79 Å². The quantitative estimate of drug-likeness (QED) is 0.322. The monoisotopic (exact) mass is 488 g/mol. The van der Waals surface area contributed by atoms with Gasteiger partial charge in [0.25, 0.3) is 0 Å². The number of nitrogens with zero attached hydrogens (tertiary/aromatic N) is 1. The first-order chi connectivity index (χ1) is 14.9. The molecule has 3 aromatic rings. The summed E-state index contributed by atoms with van der Waals surface area (Å²) in [6.07, 6.45) is 1.53. The molecule has 0 unspecified atom stereocenters. The number of nitrogens with one attached hydrogen (secondary N) is 1. The molecule has 0 bridgehead atoms. The van der Waals surface area contributed by atoms with E-state index in [-0.39, 0.29) is 5.76 Å². The van der Waals surface area contributed by atoms with E-state index in [1.165, 1.54) is 6.21 Å². The number of benzene rings is 2. The summed E-state index contributed by atoms with van der Waals surface area (Å²) in [6, 6.07) is 10.8. The first-order valence-corrected chi connectivity index (χ1v) is 10.7. The third-order valence-electron chi connectivity index (χ3n) is 4.22. The van der Waals surface area contributed by atoms with Crippen molar-refractivity contribution in [2.75, 3.05) is 20.3 Å². The van der Waals surface area contributed by atoms with Gasteiger partial charge in [-0.15, -0.1) is 0 Å². The lowest BCUT2D eigenvalue weighted by atomic mass is 10.2. The molecular weight excluding hydrogens is 464 g/mol. The number of halogens is 1. The number of para-hydroxylation sites is 1. The zero-order valence-electron chi connectivity index (χ0n) is 17.9. The maximum atomic E-state index is 12.4. The van der Waals surface area contributed by atoms with Gasteiger partial charge in [0.2, 0.25) is 0 Å². The predicted octanol–water partition coefficient (Wildman–Crippen LogP) is 5.40. The van der Waals surface area contributed by atoms with E-state index in [0.717, 1.165) is 15.4 Å². The standard InChI is InChI=1S/C23H25BrN2O5/c1-5-29-19-10-15(9-17(24)22(19)30-13-14(2)3)12-25-26-23(27)20-11-16-7-6-8-18(28-4)21(16)31-20/h6-12,14H,5,13H2,1-4H3,(H,26,27)/b25-12-. The number of carbonyl (C=O) groups excluding carboxylic acids is 1. The lowest BCUT2D eigenvalue weighted by Gasteiger charge is -2.15. The highest BCUT2D eigenvalue weighted by atomic mass is 79.9. The molecule has 0 aliphatic carbocycles. The molecule has 7 nitrogen and oxygen atoms in total. The van der Waals surface area contributed by atoms with Crippen LogP contribution in [0.4, 0.5) is 0 Å². The highest BCUT2D eigenvalue weighted by molar-refractivity contribution is 9.10. The average Bonchev–Trinajstić information content (AvgIpc) is 3.17. The molecule has 0 saturated heterocycles. The molecule has 2 aromatic carbocycles. The summed E-state index contributed by atoms with van der Waals surface area (Å²) in [4.78, 5) is 12.4. The SMILES string of the molecule is CCOc1cc(/C=N\NC(=O)c2cc3cccc(OC)c3o2)cc(Br)c1OCC(C)C. The fraction of sp³-hybridized carbons (Fsp3) is 0.304. The van der Waals surface area contributed by atoms with E-state index in [1.807, 2.05) is 31.2 Å². The third-order valence-corrected chi connectivity index (χ3v) is 4.81. The summed E-state index contributed by atoms with van der Waals surface area (Å²) in [6.45, 7) is 7.14. The van der Waals surface area contributed by atoms with Gasteiger partial charge in [-0.25, -0.2) is 5.43 Å². The number of fused-ring (bicyclic) bond motifs is 1. The van der Waals surface area contributed by atoms with Crippen LogP contribution in [-0.2, 0) is 0 Å². The number of hydrazone groups is 1. The maximum Gasteiger partial charge on any atom is 0.307 e. The van der Waals surface area contributed by atoms with Gasteiger partial charge in [0.1, 0.15) is 0 Å². The van der Waals surface area contributed by atoms with E-state index in [2.05, 4.69) is 40.3 Å². The van der Waals surface area contributed by atoms with Gasteiger partial charge < -0.3 is 18.6 Å². The number of rotatable bonds is 9. The fourth-order valence-electron chi connectivity index (χ4n) is 2.84. The Morgan fingerprint density at radius 1 is 1.23 bits per heavy atom. The number of methoxy groups -OCH3 is 1. The van der Waals surface area contributed by atoms with Crippen LogP contribution >= 0.6 is 15.9 Å². The van der Waals surface area contributed by atoms with Crippen molar-refractivity contribution in [1.29, 1.82) is 0 Å². The van der Waals surface area contributed by atoms with Gasteiger partial charge in [0.05, 0.1) is 31.0 Å². The van der Waals surface area contributed by atoms with Crippen LogP contribution in [0.15, 0.2) is 50.4 Å². The average molecular weight is 489 g/mol. The molecule has 3 rings (SSSR count). The van der Waals surface area contributed by atoms with Gasteiger partial charge in [-0.2, -0.15) is 5.10 Å². The lowest BCUT2D eigenvalue weighted by molar-refractivity contribution is 0.0929. The minimum atomic E-state index is -0.463. The van der Waals surface area contributed by atoms with Crippen LogP contribution in [0.1, 0.15) is 36.9 Å². The van der Waals surface area contributed by atoms with E-state index in [4.69, 9.17) is 18.6 Å². The van der Waals surface area contributed by atoms with Crippen molar-refractivity contribution in [3.05, 3.63) is 52.2 Å². The zero-order chi connectivity index (χ0) is 22.4. The second-order valence-corrected chi connectivity index (χ2v) is 8.01. The third kappa shape index (κ3) is 5.58. The number of ether oxygens (including phenoxy) is 3. The first kappa shape index (κ1) is 22.7. The molecule has 1 N–H and O–H groups in total. The molecule has 1 heterocycles. The normalized spacial score (nSPS) is 11.3. The van der Waals surface area contributed by atoms with Crippen LogP contribution in [0, 0.1) is 5.92 Å². The molecular formula is C23H25BrN2O5. The van der Waals surface area contributed by atoms with Crippen molar-refractivity contribution in [3.8, 4) is 17.2 Å². The van der Waals surface area contributed by atoms with E-state index in [1.54, 1.807) is 19.2 Å². The second kappa shape index (κ2) is 10.3. The molecule has 0 fully saturated rings. The van der Waals surface area contributed by atoms with E-state index >= 15 is 0 Å². The summed E-state index contributed by atoms with van der Waals surface area (Å²) in [5.41, 5.74) is 3.73. The Labute approximate surface area is 189 Å². The minimum Gasteiger partial charge on any atom is -0.493 e. The van der Waals surface area contributed by atoms with Crippen molar-refractivity contribution < 1.29 is 23.4 Å². The molecule has 0 saturated carbocycles. The summed E-state index contributed by atoms with van der Waals surface area (Å²) in [5, 5.41) is 4.82. The van der Waals surface area contributed by atoms with E-state index in [0.29, 0.717) is 42.0 Å². The summed E-state index contributed by atoms with van der Waals surface area (Å²) >= 11 is 3.53. The van der Waals surface area contributed by atoms with Crippen molar-refractivity contribution in [3.63, 3.8) is 0 Å². The fourth-order valence-corrected chi connectivity index (χ4v) is 3.42.